The molecule has 1 aliphatic heterocycles. The molecule has 2 aromatic rings. The number of carbonyl (C=O) groups excluding carboxylic acids is 2. The Morgan fingerprint density at radius 2 is 1.76 bits per heavy atom. The molecule has 0 aromatic heterocycles. The predicted molar refractivity (Wildman–Crippen MR) is 134 cm³/mol. The molecule has 0 saturated carbocycles. The fourth-order valence-corrected chi connectivity index (χ4v) is 5.94. The van der Waals surface area contributed by atoms with Gasteiger partial charge in [0.25, 0.3) is 5.91 Å². The van der Waals surface area contributed by atoms with Crippen LogP contribution in [0.3, 0.4) is 0 Å². The number of hydrogen-bond donors (Lipinski definition) is 3. The van der Waals surface area contributed by atoms with Gasteiger partial charge in [-0.15, -0.1) is 0 Å². The number of sulfonamides is 1. The summed E-state index contributed by atoms with van der Waals surface area (Å²) in [5.41, 5.74) is 2.02. The second-order valence-corrected chi connectivity index (χ2v) is 10.7. The van der Waals surface area contributed by atoms with Gasteiger partial charge in [-0.2, -0.15) is 4.31 Å². The van der Waals surface area contributed by atoms with Gasteiger partial charge >= 0.3 is 0 Å². The van der Waals surface area contributed by atoms with Crippen molar-refractivity contribution in [2.75, 3.05) is 33.8 Å². The lowest BCUT2D eigenvalue weighted by Crippen LogP contribution is -2.51. The topological polar surface area (TPSA) is 128 Å². The van der Waals surface area contributed by atoms with Crippen LogP contribution in [0.1, 0.15) is 24.8 Å². The minimum Gasteiger partial charge on any atom is -0.497 e. The molecule has 1 heterocycles. The molecular weight excluding hydrogens is 503 g/mol. The van der Waals surface area contributed by atoms with Crippen LogP contribution in [-0.4, -0.2) is 80.5 Å². The summed E-state index contributed by atoms with van der Waals surface area (Å²) in [5, 5.41) is 12.6. The normalized spacial score (nSPS) is 15.4. The van der Waals surface area contributed by atoms with E-state index in [0.717, 1.165) is 17.1 Å². The van der Waals surface area contributed by atoms with Crippen LogP contribution in [0.2, 0.25) is 0 Å². The maximum Gasteiger partial charge on any atom is 0.262 e. The summed E-state index contributed by atoms with van der Waals surface area (Å²) in [6.45, 7) is 0.801. The van der Waals surface area contributed by atoms with Crippen LogP contribution in [0.25, 0.3) is 0 Å². The van der Waals surface area contributed by atoms with Crippen LogP contribution in [-0.2, 0) is 26.0 Å². The van der Waals surface area contributed by atoms with E-state index in [2.05, 4.69) is 5.32 Å². The number of hydrogen-bond acceptors (Lipinski definition) is 7. The fraction of sp³-hybridized carbons (Fsp3) is 0.440. The van der Waals surface area contributed by atoms with Gasteiger partial charge in [0.2, 0.25) is 15.9 Å². The van der Waals surface area contributed by atoms with E-state index in [-0.39, 0.29) is 30.2 Å². The Balaban J connectivity index is 1.90. The Morgan fingerprint density at radius 1 is 1.14 bits per heavy atom. The maximum atomic E-state index is 13.7. The van der Waals surface area contributed by atoms with Gasteiger partial charge in [0, 0.05) is 32.1 Å². The number of nitrogens with zero attached hydrogens (tertiary/aromatic N) is 2. The van der Waals surface area contributed by atoms with Crippen molar-refractivity contribution in [2.24, 2.45) is 0 Å². The van der Waals surface area contributed by atoms with Crippen LogP contribution in [0.15, 0.2) is 53.4 Å². The molecule has 3 N–H and O–H groups in total. The number of rotatable bonds is 11. The Bertz CT molecular complexity index is 1150. The van der Waals surface area contributed by atoms with Crippen molar-refractivity contribution in [1.29, 1.82) is 0 Å². The highest BCUT2D eigenvalue weighted by molar-refractivity contribution is 7.89. The third-order valence-corrected chi connectivity index (χ3v) is 8.49. The first-order chi connectivity index (χ1) is 17.7. The van der Waals surface area contributed by atoms with Gasteiger partial charge in [-0.3, -0.25) is 14.8 Å². The number of carbonyl (C=O) groups is 2. The number of benzene rings is 2. The average Bonchev–Trinajstić information content (AvgIpc) is 2.93. The summed E-state index contributed by atoms with van der Waals surface area (Å²) in [7, 11) is -0.975. The summed E-state index contributed by atoms with van der Waals surface area (Å²) < 4.78 is 46.9. The number of methoxy groups -OCH3 is 1. The highest BCUT2D eigenvalue weighted by Crippen LogP contribution is 2.24. The Labute approximate surface area is 216 Å². The van der Waals surface area contributed by atoms with Gasteiger partial charge in [0.1, 0.15) is 17.6 Å². The monoisotopic (exact) mass is 536 g/mol. The van der Waals surface area contributed by atoms with E-state index >= 15 is 0 Å². The lowest BCUT2D eigenvalue weighted by atomic mass is 10.0. The number of nitrogens with one attached hydrogen (secondary N) is 2. The number of likely N-dealkylation sites (tertiary alicyclic amines) is 1. The van der Waals surface area contributed by atoms with E-state index < -0.39 is 27.8 Å². The minimum atomic E-state index is -4.30. The van der Waals surface area contributed by atoms with Crippen LogP contribution >= 0.6 is 0 Å². The fourth-order valence-electron chi connectivity index (χ4n) is 4.35. The maximum absolute atomic E-state index is 13.7. The van der Waals surface area contributed by atoms with Crippen molar-refractivity contribution in [1.82, 2.24) is 20.0 Å². The highest BCUT2D eigenvalue weighted by atomic mass is 32.2. The van der Waals surface area contributed by atoms with Gasteiger partial charge in [-0.1, -0.05) is 12.1 Å². The SMILES string of the molecule is CNC1CCN(C(=O)CCN(C(Cc2ccc(F)cc2)C(=O)NO)S(=O)(=O)c2ccc(OC)cc2)CC1. The van der Waals surface area contributed by atoms with E-state index in [0.29, 0.717) is 30.4 Å². The molecule has 12 heteroatoms. The van der Waals surface area contributed by atoms with Gasteiger partial charge in [-0.25, -0.2) is 18.3 Å². The van der Waals surface area contributed by atoms with Gasteiger partial charge in [0.05, 0.1) is 12.0 Å². The number of halogens is 1. The first-order valence-electron chi connectivity index (χ1n) is 12.0. The van der Waals surface area contributed by atoms with Gasteiger partial charge in [0.15, 0.2) is 0 Å². The molecule has 3 rings (SSSR count). The Morgan fingerprint density at radius 3 is 2.30 bits per heavy atom. The standard InChI is InChI=1S/C25H33FN4O6S/c1-27-20-11-14-29(15-12-20)24(31)13-16-30(37(34,35)22-9-7-21(36-2)8-10-22)23(25(32)28-33)17-18-3-5-19(26)6-4-18/h3-10,20,23,27,33H,11-17H2,1-2H3,(H,28,32). The van der Waals surface area contributed by atoms with Crippen LogP contribution in [0, 0.1) is 5.82 Å². The zero-order valence-electron chi connectivity index (χ0n) is 20.9. The summed E-state index contributed by atoms with van der Waals surface area (Å²) in [6.07, 6.45) is 1.27. The molecule has 0 aliphatic carbocycles. The predicted octanol–water partition coefficient (Wildman–Crippen LogP) is 1.54. The number of amides is 2. The first-order valence-corrected chi connectivity index (χ1v) is 13.4. The molecule has 1 fully saturated rings. The van der Waals surface area contributed by atoms with Crippen molar-refractivity contribution < 1.29 is 32.3 Å². The van der Waals surface area contributed by atoms with Gasteiger partial charge < -0.3 is 15.0 Å². The summed E-state index contributed by atoms with van der Waals surface area (Å²) in [6, 6.07) is 9.83. The van der Waals surface area contributed by atoms with Crippen LogP contribution in [0.4, 0.5) is 4.39 Å². The first kappa shape index (κ1) is 28.5. The van der Waals surface area contributed by atoms with Crippen molar-refractivity contribution in [3.05, 3.63) is 59.9 Å². The average molecular weight is 537 g/mol. The molecule has 0 radical (unpaired) electrons. The second kappa shape index (κ2) is 13.0. The van der Waals surface area contributed by atoms with Crippen molar-refractivity contribution in [3.63, 3.8) is 0 Å². The lowest BCUT2D eigenvalue weighted by Gasteiger charge is -2.33. The molecule has 2 amide bonds. The quantitative estimate of drug-likeness (QED) is 0.294. The molecule has 1 aliphatic rings. The third kappa shape index (κ3) is 7.25. The molecule has 2 aromatic carbocycles. The summed E-state index contributed by atoms with van der Waals surface area (Å²) in [5.74, 6) is -1.23. The Hall–Kier alpha value is -3.06. The molecule has 202 valence electrons. The van der Waals surface area contributed by atoms with E-state index in [4.69, 9.17) is 4.74 Å². The molecule has 1 atom stereocenters. The van der Waals surface area contributed by atoms with Crippen molar-refractivity contribution in [2.45, 2.75) is 42.7 Å². The van der Waals surface area contributed by atoms with Gasteiger partial charge in [-0.05, 0) is 68.3 Å². The zero-order chi connectivity index (χ0) is 27.0. The molecular formula is C25H33FN4O6S. The second-order valence-electron chi connectivity index (χ2n) is 8.81. The molecule has 10 nitrogen and oxygen atoms in total. The van der Waals surface area contributed by atoms with Crippen LogP contribution in [0.5, 0.6) is 5.75 Å². The third-order valence-electron chi connectivity index (χ3n) is 6.57. The molecule has 1 saturated heterocycles. The van der Waals surface area contributed by atoms with E-state index in [9.17, 15) is 27.6 Å². The van der Waals surface area contributed by atoms with Crippen molar-refractivity contribution >= 4 is 21.8 Å². The van der Waals surface area contributed by atoms with E-state index in [1.54, 1.807) is 4.90 Å². The van der Waals surface area contributed by atoms with E-state index in [1.165, 1.54) is 61.1 Å². The van der Waals surface area contributed by atoms with Crippen LogP contribution < -0.4 is 15.5 Å². The minimum absolute atomic E-state index is 0.106. The molecule has 37 heavy (non-hydrogen) atoms. The molecule has 1 unspecified atom stereocenters. The Kier molecular flexibility index (Phi) is 9.98. The largest absolute Gasteiger partial charge is 0.497 e. The number of ether oxygens (including phenoxy) is 1. The smallest absolute Gasteiger partial charge is 0.262 e. The van der Waals surface area contributed by atoms with Crippen molar-refractivity contribution in [3.8, 4) is 5.75 Å². The summed E-state index contributed by atoms with van der Waals surface area (Å²) in [4.78, 5) is 27.3. The lowest BCUT2D eigenvalue weighted by molar-refractivity contribution is -0.135. The zero-order valence-corrected chi connectivity index (χ0v) is 21.7. The molecule has 0 bridgehead atoms. The summed E-state index contributed by atoms with van der Waals surface area (Å²) >= 11 is 0. The molecule has 0 spiro atoms. The number of piperidine rings is 1. The highest BCUT2D eigenvalue weighted by Gasteiger charge is 2.37. The van der Waals surface area contributed by atoms with E-state index in [1.807, 2.05) is 7.05 Å². The number of hydroxylamine groups is 1.